The second-order valence-electron chi connectivity index (χ2n) is 3.71. The molecule has 0 aromatic rings. The number of ether oxygens (including phenoxy) is 1. The van der Waals surface area contributed by atoms with Gasteiger partial charge in [-0.3, -0.25) is 4.90 Å². The highest BCUT2D eigenvalue weighted by atomic mass is 35.5. The highest BCUT2D eigenvalue weighted by Crippen LogP contribution is 2.16. The van der Waals surface area contributed by atoms with Crippen molar-refractivity contribution in [3.63, 3.8) is 0 Å². The van der Waals surface area contributed by atoms with Gasteiger partial charge in [0.1, 0.15) is 6.61 Å². The summed E-state index contributed by atoms with van der Waals surface area (Å²) in [7, 11) is 0. The second kappa shape index (κ2) is 5.92. The average molecular weight is 246 g/mol. The first-order valence-corrected chi connectivity index (χ1v) is 5.42. The molecule has 0 bridgehead atoms. The maximum Gasteiger partial charge on any atom is 0.411 e. The van der Waals surface area contributed by atoms with E-state index in [9.17, 15) is 13.2 Å². The molecule has 1 unspecified atom stereocenters. The predicted octanol–water partition coefficient (Wildman–Crippen LogP) is 2.27. The lowest BCUT2D eigenvalue weighted by Crippen LogP contribution is -2.38. The van der Waals surface area contributed by atoms with Crippen molar-refractivity contribution in [2.24, 2.45) is 0 Å². The molecule has 15 heavy (non-hydrogen) atoms. The first-order valence-electron chi connectivity index (χ1n) is 4.98. The summed E-state index contributed by atoms with van der Waals surface area (Å²) in [4.78, 5) is 2.04. The number of alkyl halides is 4. The molecular weight excluding hydrogens is 231 g/mol. The van der Waals surface area contributed by atoms with E-state index in [2.05, 4.69) is 4.74 Å². The minimum absolute atomic E-state index is 0.114. The van der Waals surface area contributed by atoms with Crippen molar-refractivity contribution in [3.8, 4) is 0 Å². The summed E-state index contributed by atoms with van der Waals surface area (Å²) in [5, 5.41) is 0.126. The quantitative estimate of drug-likeness (QED) is 0.557. The van der Waals surface area contributed by atoms with E-state index in [-0.39, 0.29) is 12.0 Å². The van der Waals surface area contributed by atoms with Gasteiger partial charge in [-0.25, -0.2) is 0 Å². The van der Waals surface area contributed by atoms with Gasteiger partial charge in [-0.2, -0.15) is 13.2 Å². The minimum Gasteiger partial charge on any atom is -0.371 e. The highest BCUT2D eigenvalue weighted by molar-refractivity contribution is 6.20. The Balaban J connectivity index is 2.04. The molecule has 2 nitrogen and oxygen atoms in total. The highest BCUT2D eigenvalue weighted by Gasteiger charge is 2.27. The lowest BCUT2D eigenvalue weighted by molar-refractivity contribution is -0.174. The van der Waals surface area contributed by atoms with Gasteiger partial charge in [0, 0.05) is 18.5 Å². The normalized spacial score (nSPS) is 24.4. The van der Waals surface area contributed by atoms with Crippen LogP contribution >= 0.6 is 11.6 Å². The predicted molar refractivity (Wildman–Crippen MR) is 52.2 cm³/mol. The minimum atomic E-state index is -4.23. The molecule has 1 atom stereocenters. The van der Waals surface area contributed by atoms with Crippen LogP contribution in [0.1, 0.15) is 12.8 Å². The number of nitrogens with zero attached hydrogens (tertiary/aromatic N) is 1. The van der Waals surface area contributed by atoms with Crippen molar-refractivity contribution in [3.05, 3.63) is 0 Å². The van der Waals surface area contributed by atoms with Gasteiger partial charge in [0.2, 0.25) is 0 Å². The zero-order valence-electron chi connectivity index (χ0n) is 8.39. The number of halogens is 4. The fourth-order valence-corrected chi connectivity index (χ4v) is 1.93. The molecule has 0 radical (unpaired) electrons. The first kappa shape index (κ1) is 13.1. The maximum atomic E-state index is 11.7. The van der Waals surface area contributed by atoms with E-state index in [0.717, 1.165) is 25.9 Å². The molecule has 0 aromatic heterocycles. The Hall–Kier alpha value is 0. The van der Waals surface area contributed by atoms with Crippen LogP contribution < -0.4 is 0 Å². The summed E-state index contributed by atoms with van der Waals surface area (Å²) in [6.07, 6.45) is -2.23. The number of hydrogen-bond donors (Lipinski definition) is 0. The molecule has 1 heterocycles. The molecule has 1 aliphatic heterocycles. The van der Waals surface area contributed by atoms with Gasteiger partial charge >= 0.3 is 6.18 Å². The van der Waals surface area contributed by atoms with Crippen LogP contribution in [-0.4, -0.2) is 49.3 Å². The van der Waals surface area contributed by atoms with Crippen molar-refractivity contribution in [2.45, 2.75) is 24.4 Å². The molecule has 1 fully saturated rings. The van der Waals surface area contributed by atoms with Crippen LogP contribution in [-0.2, 0) is 4.74 Å². The van der Waals surface area contributed by atoms with Gasteiger partial charge in [-0.1, -0.05) is 0 Å². The zero-order valence-corrected chi connectivity index (χ0v) is 9.15. The molecule has 1 aliphatic rings. The number of piperidine rings is 1. The average Bonchev–Trinajstić information content (AvgIpc) is 2.11. The smallest absolute Gasteiger partial charge is 0.371 e. The van der Waals surface area contributed by atoms with E-state index < -0.39 is 12.8 Å². The van der Waals surface area contributed by atoms with Crippen LogP contribution in [0, 0.1) is 0 Å². The third kappa shape index (κ3) is 6.22. The van der Waals surface area contributed by atoms with Crippen LogP contribution in [0.15, 0.2) is 0 Å². The van der Waals surface area contributed by atoms with Gasteiger partial charge < -0.3 is 4.74 Å². The van der Waals surface area contributed by atoms with E-state index in [4.69, 9.17) is 11.6 Å². The largest absolute Gasteiger partial charge is 0.411 e. The van der Waals surface area contributed by atoms with Crippen LogP contribution in [0.2, 0.25) is 0 Å². The van der Waals surface area contributed by atoms with E-state index in [1.165, 1.54) is 0 Å². The van der Waals surface area contributed by atoms with Crippen LogP contribution in [0.25, 0.3) is 0 Å². The Morgan fingerprint density at radius 3 is 2.73 bits per heavy atom. The molecule has 6 heteroatoms. The van der Waals surface area contributed by atoms with E-state index in [0.29, 0.717) is 6.54 Å². The standard InChI is InChI=1S/C9H15ClF3NO/c10-8-2-1-3-14(6-8)4-5-15-7-9(11,12)13/h8H,1-7H2. The Morgan fingerprint density at radius 1 is 1.40 bits per heavy atom. The molecule has 0 spiro atoms. The lowest BCUT2D eigenvalue weighted by atomic mass is 10.1. The molecule has 1 rings (SSSR count). The molecule has 0 aromatic carbocycles. The second-order valence-corrected chi connectivity index (χ2v) is 4.33. The maximum absolute atomic E-state index is 11.7. The summed E-state index contributed by atoms with van der Waals surface area (Å²) >= 11 is 5.93. The van der Waals surface area contributed by atoms with Gasteiger partial charge in [0.05, 0.1) is 6.61 Å². The molecule has 90 valence electrons. The van der Waals surface area contributed by atoms with Crippen molar-refractivity contribution in [1.29, 1.82) is 0 Å². The summed E-state index contributed by atoms with van der Waals surface area (Å²) in [5.41, 5.74) is 0. The van der Waals surface area contributed by atoms with Gasteiger partial charge in [0.25, 0.3) is 0 Å². The van der Waals surface area contributed by atoms with Crippen LogP contribution in [0.3, 0.4) is 0 Å². The summed E-state index contributed by atoms with van der Waals surface area (Å²) in [5.74, 6) is 0. The Labute approximate surface area is 92.3 Å². The zero-order chi connectivity index (χ0) is 11.3. The van der Waals surface area contributed by atoms with E-state index >= 15 is 0 Å². The van der Waals surface area contributed by atoms with Crippen LogP contribution in [0.4, 0.5) is 13.2 Å². The van der Waals surface area contributed by atoms with Crippen LogP contribution in [0.5, 0.6) is 0 Å². The Bertz CT molecular complexity index is 189. The topological polar surface area (TPSA) is 12.5 Å². The Kier molecular flexibility index (Phi) is 5.15. The summed E-state index contributed by atoms with van der Waals surface area (Å²) < 4.78 is 39.7. The molecular formula is C9H15ClF3NO. The van der Waals surface area contributed by atoms with E-state index in [1.54, 1.807) is 0 Å². The molecule has 0 N–H and O–H groups in total. The van der Waals surface area contributed by atoms with Crippen molar-refractivity contribution in [2.75, 3.05) is 32.8 Å². The number of likely N-dealkylation sites (tertiary alicyclic amines) is 1. The number of rotatable bonds is 4. The third-order valence-electron chi connectivity index (χ3n) is 2.27. The molecule has 1 saturated heterocycles. The van der Waals surface area contributed by atoms with Crippen molar-refractivity contribution in [1.82, 2.24) is 4.90 Å². The monoisotopic (exact) mass is 245 g/mol. The third-order valence-corrected chi connectivity index (χ3v) is 2.62. The first-order chi connectivity index (χ1) is 6.97. The fraction of sp³-hybridized carbons (Fsp3) is 1.00. The molecule has 0 amide bonds. The lowest BCUT2D eigenvalue weighted by Gasteiger charge is -2.29. The summed E-state index contributed by atoms with van der Waals surface area (Å²) in [6, 6.07) is 0. The summed E-state index contributed by atoms with van der Waals surface area (Å²) in [6.45, 7) is 1.13. The fourth-order valence-electron chi connectivity index (χ4n) is 1.58. The van der Waals surface area contributed by atoms with Gasteiger partial charge in [-0.15, -0.1) is 11.6 Å². The SMILES string of the molecule is FC(F)(F)COCCN1CCCC(Cl)C1. The Morgan fingerprint density at radius 2 is 2.13 bits per heavy atom. The van der Waals surface area contributed by atoms with Crippen molar-refractivity contribution < 1.29 is 17.9 Å². The van der Waals surface area contributed by atoms with Crippen molar-refractivity contribution >= 4 is 11.6 Å². The van der Waals surface area contributed by atoms with E-state index in [1.807, 2.05) is 4.90 Å². The van der Waals surface area contributed by atoms with Gasteiger partial charge in [-0.05, 0) is 19.4 Å². The number of hydrogen-bond acceptors (Lipinski definition) is 2. The molecule has 0 saturated carbocycles. The van der Waals surface area contributed by atoms with Gasteiger partial charge in [0.15, 0.2) is 0 Å². The molecule has 0 aliphatic carbocycles.